The van der Waals surface area contributed by atoms with Crippen LogP contribution in [0.25, 0.3) is 22.1 Å². The van der Waals surface area contributed by atoms with Gasteiger partial charge in [-0.3, -0.25) is 0 Å². The molecule has 146 valence electrons. The van der Waals surface area contributed by atoms with Gasteiger partial charge in [-0.15, -0.1) is 0 Å². The number of fused-ring (bicyclic) bond motifs is 2. The van der Waals surface area contributed by atoms with Crippen molar-refractivity contribution in [3.8, 4) is 6.07 Å². The van der Waals surface area contributed by atoms with Gasteiger partial charge in [0, 0.05) is 0 Å². The summed E-state index contributed by atoms with van der Waals surface area (Å²) in [5.41, 5.74) is 4.89. The van der Waals surface area contributed by atoms with Crippen LogP contribution in [0.4, 0.5) is 0 Å². The SMILES string of the molecule is CC(C#N)C(c1nc2cc(C3CCCCC3)ccc2o1)n1cnc2ccccc21. The molecule has 0 saturated heterocycles. The largest absolute Gasteiger partial charge is 0.438 e. The minimum Gasteiger partial charge on any atom is -0.438 e. The number of nitrogens with zero attached hydrogens (tertiary/aromatic N) is 4. The van der Waals surface area contributed by atoms with Crippen LogP contribution in [0.1, 0.15) is 62.4 Å². The van der Waals surface area contributed by atoms with Crippen LogP contribution < -0.4 is 0 Å². The van der Waals surface area contributed by atoms with Crippen molar-refractivity contribution in [2.45, 2.75) is 51.0 Å². The Kier molecular flexibility index (Phi) is 4.55. The van der Waals surface area contributed by atoms with Crippen molar-refractivity contribution >= 4 is 22.1 Å². The fraction of sp³-hybridized carbons (Fsp3) is 0.375. The minimum absolute atomic E-state index is 0.307. The summed E-state index contributed by atoms with van der Waals surface area (Å²) in [5, 5.41) is 9.67. The number of rotatable bonds is 4. The highest BCUT2D eigenvalue weighted by molar-refractivity contribution is 5.76. The molecule has 5 nitrogen and oxygen atoms in total. The van der Waals surface area contributed by atoms with Gasteiger partial charge >= 0.3 is 0 Å². The van der Waals surface area contributed by atoms with Crippen molar-refractivity contribution < 1.29 is 4.42 Å². The zero-order valence-corrected chi connectivity index (χ0v) is 16.6. The summed E-state index contributed by atoms with van der Waals surface area (Å²) in [7, 11) is 0. The quantitative estimate of drug-likeness (QED) is 0.434. The molecule has 4 aromatic rings. The summed E-state index contributed by atoms with van der Waals surface area (Å²) in [6.45, 7) is 1.90. The molecule has 0 aliphatic heterocycles. The molecule has 5 heteroatoms. The number of oxazole rings is 1. The number of hydrogen-bond acceptors (Lipinski definition) is 4. The van der Waals surface area contributed by atoms with Gasteiger partial charge < -0.3 is 8.98 Å². The third-order valence-corrected chi connectivity index (χ3v) is 6.22. The predicted octanol–water partition coefficient (Wildman–Crippen LogP) is 5.97. The lowest BCUT2D eigenvalue weighted by molar-refractivity contribution is 0.386. The lowest BCUT2D eigenvalue weighted by atomic mass is 9.84. The van der Waals surface area contributed by atoms with E-state index in [1.807, 2.05) is 41.8 Å². The zero-order chi connectivity index (χ0) is 19.8. The van der Waals surface area contributed by atoms with E-state index < -0.39 is 0 Å². The molecule has 2 atom stereocenters. The molecule has 1 saturated carbocycles. The maximum absolute atomic E-state index is 9.67. The van der Waals surface area contributed by atoms with Crippen LogP contribution in [0.2, 0.25) is 0 Å². The second kappa shape index (κ2) is 7.36. The van der Waals surface area contributed by atoms with E-state index in [0.29, 0.717) is 11.8 Å². The third-order valence-electron chi connectivity index (χ3n) is 6.22. The molecular weight excluding hydrogens is 360 g/mol. The Morgan fingerprint density at radius 1 is 1.10 bits per heavy atom. The van der Waals surface area contributed by atoms with Gasteiger partial charge in [-0.1, -0.05) is 37.5 Å². The average Bonchev–Trinajstić information content (AvgIpc) is 3.38. The van der Waals surface area contributed by atoms with Gasteiger partial charge in [-0.05, 0) is 55.5 Å². The van der Waals surface area contributed by atoms with Gasteiger partial charge in [0.2, 0.25) is 5.89 Å². The number of aromatic nitrogens is 3. The first kappa shape index (κ1) is 17.9. The molecule has 0 bridgehead atoms. The smallest absolute Gasteiger partial charge is 0.219 e. The minimum atomic E-state index is -0.321. The van der Waals surface area contributed by atoms with Crippen LogP contribution in [-0.2, 0) is 0 Å². The standard InChI is InChI=1S/C24H24N4O/c1-16(14-25)23(28-15-26-19-9-5-6-10-21(19)28)24-27-20-13-18(11-12-22(20)29-24)17-7-3-2-4-8-17/h5-6,9-13,15-17,23H,2-4,7-8H2,1H3. The molecule has 5 rings (SSSR count). The first-order chi connectivity index (χ1) is 14.2. The maximum atomic E-state index is 9.67. The second-order valence-corrected chi connectivity index (χ2v) is 8.12. The molecule has 0 amide bonds. The van der Waals surface area contributed by atoms with E-state index in [1.54, 1.807) is 6.33 Å². The van der Waals surface area contributed by atoms with E-state index in [-0.39, 0.29) is 12.0 Å². The van der Waals surface area contributed by atoms with Gasteiger partial charge in [0.05, 0.1) is 29.3 Å². The van der Waals surface area contributed by atoms with Crippen molar-refractivity contribution in [3.05, 3.63) is 60.2 Å². The Hall–Kier alpha value is -3.13. The van der Waals surface area contributed by atoms with Gasteiger partial charge in [0.15, 0.2) is 5.58 Å². The van der Waals surface area contributed by atoms with Crippen molar-refractivity contribution in [3.63, 3.8) is 0 Å². The highest BCUT2D eigenvalue weighted by Gasteiger charge is 2.28. The number of para-hydroxylation sites is 2. The monoisotopic (exact) mass is 384 g/mol. The van der Waals surface area contributed by atoms with Crippen LogP contribution in [-0.4, -0.2) is 14.5 Å². The Bertz CT molecular complexity index is 1190. The molecule has 1 aliphatic carbocycles. The number of imidazole rings is 1. The van der Waals surface area contributed by atoms with E-state index in [2.05, 4.69) is 23.2 Å². The zero-order valence-electron chi connectivity index (χ0n) is 16.6. The fourth-order valence-electron chi connectivity index (χ4n) is 4.62. The topological polar surface area (TPSA) is 67.6 Å². The summed E-state index contributed by atoms with van der Waals surface area (Å²) >= 11 is 0. The maximum Gasteiger partial charge on any atom is 0.219 e. The third kappa shape index (κ3) is 3.19. The molecule has 29 heavy (non-hydrogen) atoms. The Balaban J connectivity index is 1.58. The Morgan fingerprint density at radius 2 is 1.93 bits per heavy atom. The lowest BCUT2D eigenvalue weighted by Gasteiger charge is -2.21. The molecule has 2 heterocycles. The molecule has 0 spiro atoms. The molecule has 0 radical (unpaired) electrons. The van der Waals surface area contributed by atoms with Crippen molar-refractivity contribution in [1.29, 1.82) is 5.26 Å². The van der Waals surface area contributed by atoms with Crippen LogP contribution in [0.15, 0.2) is 53.2 Å². The van der Waals surface area contributed by atoms with Crippen LogP contribution >= 0.6 is 0 Å². The Labute approximate surface area is 170 Å². The fourth-order valence-corrected chi connectivity index (χ4v) is 4.62. The van der Waals surface area contributed by atoms with E-state index in [0.717, 1.165) is 22.1 Å². The molecule has 1 aliphatic rings. The average molecular weight is 384 g/mol. The van der Waals surface area contributed by atoms with Crippen molar-refractivity contribution in [2.75, 3.05) is 0 Å². The summed E-state index contributed by atoms with van der Waals surface area (Å²) in [4.78, 5) is 9.33. The molecule has 2 aromatic heterocycles. The van der Waals surface area contributed by atoms with Crippen LogP contribution in [0.3, 0.4) is 0 Å². The molecule has 1 fully saturated rings. The molecular formula is C24H24N4O. The summed E-state index contributed by atoms with van der Waals surface area (Å²) in [6.07, 6.45) is 8.26. The number of nitriles is 1. The van der Waals surface area contributed by atoms with Crippen LogP contribution in [0, 0.1) is 17.2 Å². The van der Waals surface area contributed by atoms with Crippen LogP contribution in [0.5, 0.6) is 0 Å². The van der Waals surface area contributed by atoms with E-state index in [1.165, 1.54) is 37.7 Å². The van der Waals surface area contributed by atoms with Gasteiger partial charge in [-0.25, -0.2) is 9.97 Å². The molecule has 0 N–H and O–H groups in total. The van der Waals surface area contributed by atoms with Gasteiger partial charge in [0.1, 0.15) is 11.6 Å². The van der Waals surface area contributed by atoms with E-state index >= 15 is 0 Å². The van der Waals surface area contributed by atoms with E-state index in [4.69, 9.17) is 9.40 Å². The predicted molar refractivity (Wildman–Crippen MR) is 112 cm³/mol. The summed E-state index contributed by atoms with van der Waals surface area (Å²) < 4.78 is 8.17. The summed E-state index contributed by atoms with van der Waals surface area (Å²) in [6, 6.07) is 16.4. The first-order valence-corrected chi connectivity index (χ1v) is 10.5. The van der Waals surface area contributed by atoms with Crippen molar-refractivity contribution in [1.82, 2.24) is 14.5 Å². The lowest BCUT2D eigenvalue weighted by Crippen LogP contribution is -2.17. The van der Waals surface area contributed by atoms with Crippen molar-refractivity contribution in [2.24, 2.45) is 5.92 Å². The Morgan fingerprint density at radius 3 is 2.76 bits per heavy atom. The van der Waals surface area contributed by atoms with E-state index in [9.17, 15) is 5.26 Å². The second-order valence-electron chi connectivity index (χ2n) is 8.12. The number of hydrogen-bond donors (Lipinski definition) is 0. The molecule has 2 unspecified atom stereocenters. The number of benzene rings is 2. The normalized spacial score (nSPS) is 17.4. The van der Waals surface area contributed by atoms with Gasteiger partial charge in [-0.2, -0.15) is 5.26 Å². The first-order valence-electron chi connectivity index (χ1n) is 10.5. The summed E-state index contributed by atoms with van der Waals surface area (Å²) in [5.74, 6) is 0.885. The molecule has 2 aromatic carbocycles. The highest BCUT2D eigenvalue weighted by atomic mass is 16.3. The highest BCUT2D eigenvalue weighted by Crippen LogP contribution is 2.36. The van der Waals surface area contributed by atoms with Gasteiger partial charge in [0.25, 0.3) is 0 Å².